The minimum absolute atomic E-state index is 0.0569. The lowest BCUT2D eigenvalue weighted by atomic mass is 10.00. The summed E-state index contributed by atoms with van der Waals surface area (Å²) in [6.45, 7) is 1.32. The Kier molecular flexibility index (Phi) is 4.35. The van der Waals surface area contributed by atoms with Crippen LogP contribution in [0.5, 0.6) is 0 Å². The van der Waals surface area contributed by atoms with E-state index in [2.05, 4.69) is 17.1 Å². The highest BCUT2D eigenvalue weighted by atomic mass is 19.1. The molecule has 0 radical (unpaired) electrons. The monoisotopic (exact) mass is 347 g/mol. The molecule has 0 saturated heterocycles. The summed E-state index contributed by atoms with van der Waals surface area (Å²) in [6.07, 6.45) is 8.87. The molecule has 4 rings (SSSR count). The van der Waals surface area contributed by atoms with Gasteiger partial charge in [-0.15, -0.1) is 0 Å². The fourth-order valence-electron chi connectivity index (χ4n) is 3.19. The molecule has 3 aromatic rings. The van der Waals surface area contributed by atoms with Crippen LogP contribution in [0.2, 0.25) is 0 Å². The van der Waals surface area contributed by atoms with Crippen LogP contribution in [0.1, 0.15) is 16.7 Å². The third kappa shape index (κ3) is 3.28. The van der Waals surface area contributed by atoms with E-state index >= 15 is 0 Å². The molecule has 0 N–H and O–H groups in total. The molecule has 0 atom stereocenters. The number of aromatic nitrogens is 2. The van der Waals surface area contributed by atoms with Crippen LogP contribution in [0.3, 0.4) is 0 Å². The number of hydrogen-bond acceptors (Lipinski definition) is 2. The van der Waals surface area contributed by atoms with Gasteiger partial charge in [0.1, 0.15) is 5.82 Å². The van der Waals surface area contributed by atoms with Crippen LogP contribution in [0.4, 0.5) is 4.39 Å². The topological polar surface area (TPSA) is 38.1 Å². The number of amides is 1. The van der Waals surface area contributed by atoms with Crippen molar-refractivity contribution in [3.8, 4) is 5.69 Å². The molecule has 1 aliphatic rings. The zero-order valence-electron chi connectivity index (χ0n) is 14.2. The van der Waals surface area contributed by atoms with Crippen molar-refractivity contribution in [2.75, 3.05) is 6.54 Å². The minimum Gasteiger partial charge on any atom is -0.334 e. The van der Waals surface area contributed by atoms with Crippen LogP contribution >= 0.6 is 0 Å². The summed E-state index contributed by atoms with van der Waals surface area (Å²) in [4.78, 5) is 18.2. The van der Waals surface area contributed by atoms with Crippen molar-refractivity contribution in [3.63, 3.8) is 0 Å². The number of hydrogen-bond donors (Lipinski definition) is 0. The molecule has 0 aliphatic carbocycles. The second-order valence-electron chi connectivity index (χ2n) is 6.29. The van der Waals surface area contributed by atoms with Gasteiger partial charge >= 0.3 is 0 Å². The molecular weight excluding hydrogens is 329 g/mol. The van der Waals surface area contributed by atoms with Gasteiger partial charge in [0.05, 0.1) is 12.0 Å². The lowest BCUT2D eigenvalue weighted by molar-refractivity contribution is -0.126. The molecule has 0 bridgehead atoms. The Morgan fingerprint density at radius 1 is 1.15 bits per heavy atom. The SMILES string of the molecule is O=C(/C=C/c1ccc(-n2ccnc2)c(F)c1)N1CCc2ccccc2C1. The quantitative estimate of drug-likeness (QED) is 0.679. The summed E-state index contributed by atoms with van der Waals surface area (Å²) in [6, 6.07) is 13.1. The zero-order valence-corrected chi connectivity index (χ0v) is 14.2. The van der Waals surface area contributed by atoms with E-state index in [0.717, 1.165) is 6.42 Å². The first-order chi connectivity index (χ1) is 12.7. The van der Waals surface area contributed by atoms with E-state index in [1.807, 2.05) is 17.0 Å². The summed E-state index contributed by atoms with van der Waals surface area (Å²) in [5.41, 5.74) is 3.57. The Bertz CT molecular complexity index is 963. The molecule has 2 heterocycles. The number of fused-ring (bicyclic) bond motifs is 1. The number of carbonyl (C=O) groups is 1. The van der Waals surface area contributed by atoms with Gasteiger partial charge in [-0.1, -0.05) is 30.3 Å². The predicted molar refractivity (Wildman–Crippen MR) is 98.1 cm³/mol. The van der Waals surface area contributed by atoms with Gasteiger partial charge in [0, 0.05) is 31.6 Å². The first-order valence-electron chi connectivity index (χ1n) is 8.52. The third-order valence-corrected chi connectivity index (χ3v) is 4.61. The van der Waals surface area contributed by atoms with Crippen LogP contribution in [0.25, 0.3) is 11.8 Å². The van der Waals surface area contributed by atoms with Gasteiger partial charge < -0.3 is 9.47 Å². The van der Waals surface area contributed by atoms with Gasteiger partial charge in [0.15, 0.2) is 0 Å². The number of rotatable bonds is 3. The number of benzene rings is 2. The molecule has 1 amide bonds. The smallest absolute Gasteiger partial charge is 0.246 e. The van der Waals surface area contributed by atoms with Crippen LogP contribution in [-0.2, 0) is 17.8 Å². The maximum absolute atomic E-state index is 14.3. The highest BCUT2D eigenvalue weighted by Gasteiger charge is 2.18. The molecule has 130 valence electrons. The lowest BCUT2D eigenvalue weighted by Crippen LogP contribution is -2.34. The minimum atomic E-state index is -0.357. The molecule has 4 nitrogen and oxygen atoms in total. The summed E-state index contributed by atoms with van der Waals surface area (Å²) in [7, 11) is 0. The van der Waals surface area contributed by atoms with E-state index in [4.69, 9.17) is 0 Å². The average molecular weight is 347 g/mol. The fraction of sp³-hybridized carbons (Fsp3) is 0.143. The molecule has 5 heteroatoms. The molecule has 26 heavy (non-hydrogen) atoms. The molecule has 2 aromatic carbocycles. The van der Waals surface area contributed by atoms with Crippen molar-refractivity contribution in [3.05, 3.63) is 89.8 Å². The average Bonchev–Trinajstić information content (AvgIpc) is 3.20. The first kappa shape index (κ1) is 16.3. The third-order valence-electron chi connectivity index (χ3n) is 4.61. The standard InChI is InChI=1S/C21H18FN3O/c22-19-13-16(5-7-20(19)25-12-10-23-15-25)6-8-21(26)24-11-9-17-3-1-2-4-18(17)14-24/h1-8,10,12-13,15H,9,11,14H2/b8-6+. The molecule has 1 aliphatic heterocycles. The summed E-state index contributed by atoms with van der Waals surface area (Å²) >= 11 is 0. The van der Waals surface area contributed by atoms with E-state index in [1.54, 1.807) is 41.5 Å². The fourth-order valence-corrected chi connectivity index (χ4v) is 3.19. The van der Waals surface area contributed by atoms with Crippen molar-refractivity contribution < 1.29 is 9.18 Å². The van der Waals surface area contributed by atoms with Crippen LogP contribution < -0.4 is 0 Å². The number of nitrogens with zero attached hydrogens (tertiary/aromatic N) is 3. The van der Waals surface area contributed by atoms with Gasteiger partial charge in [0.2, 0.25) is 5.91 Å². The second kappa shape index (κ2) is 6.96. The van der Waals surface area contributed by atoms with E-state index < -0.39 is 0 Å². The number of imidazole rings is 1. The van der Waals surface area contributed by atoms with Crippen molar-refractivity contribution in [2.24, 2.45) is 0 Å². The molecular formula is C21H18FN3O. The Morgan fingerprint density at radius 3 is 2.77 bits per heavy atom. The number of carbonyl (C=O) groups excluding carboxylic acids is 1. The summed E-state index contributed by atoms with van der Waals surface area (Å²) < 4.78 is 15.9. The number of halogens is 1. The van der Waals surface area contributed by atoms with E-state index in [0.29, 0.717) is 24.3 Å². The van der Waals surface area contributed by atoms with Crippen molar-refractivity contribution >= 4 is 12.0 Å². The van der Waals surface area contributed by atoms with Crippen LogP contribution in [-0.4, -0.2) is 26.9 Å². The highest BCUT2D eigenvalue weighted by Crippen LogP contribution is 2.19. The Labute approximate surface area is 151 Å². The van der Waals surface area contributed by atoms with Gasteiger partial charge in [-0.05, 0) is 41.3 Å². The first-order valence-corrected chi connectivity index (χ1v) is 8.52. The molecule has 1 aromatic heterocycles. The largest absolute Gasteiger partial charge is 0.334 e. The Morgan fingerprint density at radius 2 is 2.00 bits per heavy atom. The van der Waals surface area contributed by atoms with Gasteiger partial charge in [-0.25, -0.2) is 9.37 Å². The van der Waals surface area contributed by atoms with E-state index in [1.165, 1.54) is 23.3 Å². The van der Waals surface area contributed by atoms with E-state index in [-0.39, 0.29) is 11.7 Å². The molecule has 0 spiro atoms. The van der Waals surface area contributed by atoms with Crippen molar-refractivity contribution in [1.29, 1.82) is 0 Å². The van der Waals surface area contributed by atoms with Crippen molar-refractivity contribution in [1.82, 2.24) is 14.5 Å². The highest BCUT2D eigenvalue weighted by molar-refractivity contribution is 5.92. The van der Waals surface area contributed by atoms with Gasteiger partial charge in [0.25, 0.3) is 0 Å². The molecule has 0 fully saturated rings. The summed E-state index contributed by atoms with van der Waals surface area (Å²) in [5, 5.41) is 0. The van der Waals surface area contributed by atoms with Crippen molar-refractivity contribution in [2.45, 2.75) is 13.0 Å². The van der Waals surface area contributed by atoms with Gasteiger partial charge in [-0.2, -0.15) is 0 Å². The normalized spacial score (nSPS) is 13.8. The molecule has 0 saturated carbocycles. The predicted octanol–water partition coefficient (Wildman–Crippen LogP) is 3.61. The van der Waals surface area contributed by atoms with Crippen LogP contribution in [0, 0.1) is 5.82 Å². The van der Waals surface area contributed by atoms with Gasteiger partial charge in [-0.3, -0.25) is 4.79 Å². The maximum Gasteiger partial charge on any atom is 0.246 e. The zero-order chi connectivity index (χ0) is 17.9. The Balaban J connectivity index is 1.46. The lowest BCUT2D eigenvalue weighted by Gasteiger charge is -2.27. The molecule has 0 unspecified atom stereocenters. The van der Waals surface area contributed by atoms with E-state index in [9.17, 15) is 9.18 Å². The second-order valence-corrected chi connectivity index (χ2v) is 6.29. The maximum atomic E-state index is 14.3. The van der Waals surface area contributed by atoms with Crippen LogP contribution in [0.15, 0.2) is 67.3 Å². The Hall–Kier alpha value is -3.21. The summed E-state index contributed by atoms with van der Waals surface area (Å²) in [5.74, 6) is -0.414.